The lowest BCUT2D eigenvalue weighted by atomic mass is 10.2. The molecule has 4 nitrogen and oxygen atoms in total. The van der Waals surface area contributed by atoms with Crippen LogP contribution in [0.3, 0.4) is 0 Å². The third-order valence-electron chi connectivity index (χ3n) is 2.73. The fourth-order valence-corrected chi connectivity index (χ4v) is 1.57. The summed E-state index contributed by atoms with van der Waals surface area (Å²) < 4.78 is 1.86. The van der Waals surface area contributed by atoms with E-state index >= 15 is 0 Å². The van der Waals surface area contributed by atoms with Gasteiger partial charge in [0.2, 0.25) is 0 Å². The average molecular weight is 216 g/mol. The molecule has 0 bridgehead atoms. The lowest BCUT2D eigenvalue weighted by Gasteiger charge is -2.12. The summed E-state index contributed by atoms with van der Waals surface area (Å²) in [6, 6.07) is 8.48. The van der Waals surface area contributed by atoms with Crippen LogP contribution in [0.2, 0.25) is 0 Å². The number of hydrogen-bond donors (Lipinski definition) is 1. The zero-order chi connectivity index (χ0) is 11.5. The van der Waals surface area contributed by atoms with Gasteiger partial charge in [0.1, 0.15) is 0 Å². The Kier molecular flexibility index (Phi) is 3.01. The molecule has 4 heteroatoms. The summed E-state index contributed by atoms with van der Waals surface area (Å²) in [7, 11) is 1.93. The first kappa shape index (κ1) is 10.8. The van der Waals surface area contributed by atoms with E-state index in [1.54, 1.807) is 6.20 Å². The zero-order valence-corrected chi connectivity index (χ0v) is 9.81. The summed E-state index contributed by atoms with van der Waals surface area (Å²) in [4.78, 5) is 0. The van der Waals surface area contributed by atoms with Crippen LogP contribution in [0.1, 0.15) is 24.2 Å². The molecule has 16 heavy (non-hydrogen) atoms. The van der Waals surface area contributed by atoms with Crippen LogP contribution in [0.5, 0.6) is 0 Å². The van der Waals surface area contributed by atoms with Gasteiger partial charge in [-0.05, 0) is 33.0 Å². The second kappa shape index (κ2) is 4.45. The van der Waals surface area contributed by atoms with Crippen molar-refractivity contribution in [3.05, 3.63) is 41.7 Å². The van der Waals surface area contributed by atoms with E-state index < -0.39 is 0 Å². The number of aromatic nitrogens is 3. The van der Waals surface area contributed by atoms with Crippen molar-refractivity contribution in [2.24, 2.45) is 0 Å². The lowest BCUT2D eigenvalue weighted by Crippen LogP contribution is -2.16. The van der Waals surface area contributed by atoms with Gasteiger partial charge in [0.15, 0.2) is 0 Å². The van der Waals surface area contributed by atoms with Crippen molar-refractivity contribution in [3.63, 3.8) is 0 Å². The Morgan fingerprint density at radius 2 is 1.94 bits per heavy atom. The van der Waals surface area contributed by atoms with Crippen molar-refractivity contribution >= 4 is 0 Å². The fraction of sp³-hybridized carbons (Fsp3) is 0.333. The monoisotopic (exact) mass is 216 g/mol. The molecule has 1 aromatic heterocycles. The molecule has 1 N–H and O–H groups in total. The van der Waals surface area contributed by atoms with E-state index in [1.165, 1.54) is 5.56 Å². The molecule has 0 aliphatic rings. The standard InChI is InChI=1S/C12H16N4/c1-9-4-6-11(7-5-9)16-12(8-14-15-16)10(2)13-3/h4-8,10,13H,1-3H3. The summed E-state index contributed by atoms with van der Waals surface area (Å²) in [5.74, 6) is 0. The summed E-state index contributed by atoms with van der Waals surface area (Å²) in [6.45, 7) is 4.16. The normalized spacial score (nSPS) is 12.7. The van der Waals surface area contributed by atoms with Gasteiger partial charge in [-0.3, -0.25) is 0 Å². The van der Waals surface area contributed by atoms with Crippen molar-refractivity contribution in [1.82, 2.24) is 20.3 Å². The van der Waals surface area contributed by atoms with Gasteiger partial charge in [-0.1, -0.05) is 22.9 Å². The molecule has 2 rings (SSSR count). The SMILES string of the molecule is CNC(C)c1cnnn1-c1ccc(C)cc1. The number of hydrogen-bond acceptors (Lipinski definition) is 3. The molecule has 0 saturated carbocycles. The van der Waals surface area contributed by atoms with Crippen LogP contribution in [-0.4, -0.2) is 22.0 Å². The van der Waals surface area contributed by atoms with Crippen LogP contribution in [-0.2, 0) is 0 Å². The molecule has 1 heterocycles. The molecule has 0 aliphatic heterocycles. The highest BCUT2D eigenvalue weighted by Crippen LogP contribution is 2.15. The Morgan fingerprint density at radius 3 is 2.56 bits per heavy atom. The van der Waals surface area contributed by atoms with E-state index in [4.69, 9.17) is 0 Å². The van der Waals surface area contributed by atoms with Crippen molar-refractivity contribution in [1.29, 1.82) is 0 Å². The predicted molar refractivity (Wildman–Crippen MR) is 63.6 cm³/mol. The van der Waals surface area contributed by atoms with Crippen molar-refractivity contribution in [2.45, 2.75) is 19.9 Å². The molecule has 0 amide bonds. The first-order valence-corrected chi connectivity index (χ1v) is 5.37. The minimum absolute atomic E-state index is 0.233. The number of rotatable bonds is 3. The van der Waals surface area contributed by atoms with Crippen LogP contribution in [0.4, 0.5) is 0 Å². The van der Waals surface area contributed by atoms with Gasteiger partial charge in [0.05, 0.1) is 17.6 Å². The predicted octanol–water partition coefficient (Wildman–Crippen LogP) is 1.86. The van der Waals surface area contributed by atoms with Crippen molar-refractivity contribution < 1.29 is 0 Å². The van der Waals surface area contributed by atoms with E-state index in [-0.39, 0.29) is 6.04 Å². The van der Waals surface area contributed by atoms with E-state index in [0.717, 1.165) is 11.4 Å². The largest absolute Gasteiger partial charge is 0.312 e. The van der Waals surface area contributed by atoms with Gasteiger partial charge >= 0.3 is 0 Å². The number of aryl methyl sites for hydroxylation is 1. The van der Waals surface area contributed by atoms with E-state index in [0.29, 0.717) is 0 Å². The first-order chi connectivity index (χ1) is 7.72. The molecule has 0 spiro atoms. The third kappa shape index (κ3) is 1.97. The molecule has 2 aromatic rings. The van der Waals surface area contributed by atoms with Crippen LogP contribution >= 0.6 is 0 Å². The molecular formula is C12H16N4. The summed E-state index contributed by atoms with van der Waals surface area (Å²) >= 11 is 0. The number of benzene rings is 1. The maximum absolute atomic E-state index is 4.11. The van der Waals surface area contributed by atoms with Gasteiger partial charge in [0, 0.05) is 6.04 Å². The second-order valence-corrected chi connectivity index (χ2v) is 3.92. The van der Waals surface area contributed by atoms with Crippen LogP contribution in [0.25, 0.3) is 5.69 Å². The van der Waals surface area contributed by atoms with Gasteiger partial charge < -0.3 is 5.32 Å². The molecule has 0 saturated heterocycles. The molecular weight excluding hydrogens is 200 g/mol. The van der Waals surface area contributed by atoms with E-state index in [1.807, 2.05) is 11.7 Å². The minimum atomic E-state index is 0.233. The molecule has 1 aromatic carbocycles. The highest BCUT2D eigenvalue weighted by molar-refractivity contribution is 5.34. The van der Waals surface area contributed by atoms with E-state index in [9.17, 15) is 0 Å². The van der Waals surface area contributed by atoms with E-state index in [2.05, 4.69) is 53.7 Å². The summed E-state index contributed by atoms with van der Waals surface area (Å²) in [5, 5.41) is 11.3. The molecule has 1 unspecified atom stereocenters. The second-order valence-electron chi connectivity index (χ2n) is 3.92. The van der Waals surface area contributed by atoms with Gasteiger partial charge in [-0.15, -0.1) is 5.10 Å². The molecule has 0 radical (unpaired) electrons. The Morgan fingerprint density at radius 1 is 1.25 bits per heavy atom. The van der Waals surface area contributed by atoms with Gasteiger partial charge in [-0.25, -0.2) is 4.68 Å². The average Bonchev–Trinajstić information content (AvgIpc) is 2.78. The number of nitrogens with zero attached hydrogens (tertiary/aromatic N) is 3. The maximum atomic E-state index is 4.11. The van der Waals surface area contributed by atoms with Gasteiger partial charge in [0.25, 0.3) is 0 Å². The minimum Gasteiger partial charge on any atom is -0.312 e. The zero-order valence-electron chi connectivity index (χ0n) is 9.81. The fourth-order valence-electron chi connectivity index (χ4n) is 1.57. The highest BCUT2D eigenvalue weighted by Gasteiger charge is 2.11. The van der Waals surface area contributed by atoms with Crippen molar-refractivity contribution in [3.8, 4) is 5.69 Å². The Labute approximate surface area is 95.3 Å². The van der Waals surface area contributed by atoms with Crippen LogP contribution in [0, 0.1) is 6.92 Å². The van der Waals surface area contributed by atoms with Crippen LogP contribution in [0.15, 0.2) is 30.5 Å². The summed E-state index contributed by atoms with van der Waals surface area (Å²) in [5.41, 5.74) is 3.35. The molecule has 1 atom stereocenters. The highest BCUT2D eigenvalue weighted by atomic mass is 15.4. The first-order valence-electron chi connectivity index (χ1n) is 5.37. The third-order valence-corrected chi connectivity index (χ3v) is 2.73. The van der Waals surface area contributed by atoms with Gasteiger partial charge in [-0.2, -0.15) is 0 Å². The number of nitrogens with one attached hydrogen (secondary N) is 1. The quantitative estimate of drug-likeness (QED) is 0.851. The molecule has 0 aliphatic carbocycles. The topological polar surface area (TPSA) is 42.7 Å². The summed E-state index contributed by atoms with van der Waals surface area (Å²) in [6.07, 6.45) is 1.79. The van der Waals surface area contributed by atoms with Crippen LogP contribution < -0.4 is 5.32 Å². The Bertz CT molecular complexity index is 458. The van der Waals surface area contributed by atoms with Crippen molar-refractivity contribution in [2.75, 3.05) is 7.05 Å². The maximum Gasteiger partial charge on any atom is 0.0812 e. The Hall–Kier alpha value is -1.68. The Balaban J connectivity index is 2.40. The molecule has 84 valence electrons. The lowest BCUT2D eigenvalue weighted by molar-refractivity contribution is 0.602. The molecule has 0 fully saturated rings. The smallest absolute Gasteiger partial charge is 0.0812 e.